The summed E-state index contributed by atoms with van der Waals surface area (Å²) in [6, 6.07) is 7.90. The van der Waals surface area contributed by atoms with Gasteiger partial charge in [0.1, 0.15) is 18.2 Å². The number of fused-ring (bicyclic) bond motifs is 3. The Kier molecular flexibility index (Phi) is 4.95. The Morgan fingerprint density at radius 2 is 2.10 bits per heavy atom. The number of aryl methyl sites for hydroxylation is 1. The first-order chi connectivity index (χ1) is 15.0. The number of nitro groups is 1. The molecule has 1 atom stereocenters. The van der Waals surface area contributed by atoms with Gasteiger partial charge < -0.3 is 14.2 Å². The molecule has 8 heteroatoms. The minimum absolute atomic E-state index is 0.00232. The van der Waals surface area contributed by atoms with Crippen molar-refractivity contribution in [3.8, 4) is 11.5 Å². The molecule has 31 heavy (non-hydrogen) atoms. The second-order valence-corrected chi connectivity index (χ2v) is 8.08. The van der Waals surface area contributed by atoms with Gasteiger partial charge in [-0.3, -0.25) is 19.8 Å². The summed E-state index contributed by atoms with van der Waals surface area (Å²) < 4.78 is 17.8. The molecule has 1 fully saturated rings. The predicted octanol–water partition coefficient (Wildman–Crippen LogP) is 3.85. The molecule has 1 saturated heterocycles. The predicted molar refractivity (Wildman–Crippen MR) is 112 cm³/mol. The van der Waals surface area contributed by atoms with Crippen molar-refractivity contribution in [1.82, 2.24) is 4.90 Å². The van der Waals surface area contributed by atoms with E-state index in [4.69, 9.17) is 14.2 Å². The van der Waals surface area contributed by atoms with E-state index in [0.717, 1.165) is 42.9 Å². The number of ether oxygens (including phenoxy) is 3. The van der Waals surface area contributed by atoms with Crippen LogP contribution in [0, 0.1) is 17.0 Å². The molecular weight excluding hydrogens is 400 g/mol. The molecule has 1 unspecified atom stereocenters. The van der Waals surface area contributed by atoms with Gasteiger partial charge in [-0.2, -0.15) is 0 Å². The topological polar surface area (TPSA) is 91.1 Å². The number of allylic oxidation sites excluding steroid dienone is 1. The summed E-state index contributed by atoms with van der Waals surface area (Å²) in [5, 5.41) is 10.9. The van der Waals surface area contributed by atoms with E-state index in [1.54, 1.807) is 18.2 Å². The first-order valence-electron chi connectivity index (χ1n) is 10.3. The van der Waals surface area contributed by atoms with E-state index < -0.39 is 4.92 Å². The Labute approximate surface area is 179 Å². The van der Waals surface area contributed by atoms with Gasteiger partial charge in [-0.1, -0.05) is 0 Å². The maximum Gasteiger partial charge on any atom is 0.269 e. The van der Waals surface area contributed by atoms with E-state index in [-0.39, 0.29) is 23.3 Å². The minimum atomic E-state index is -0.456. The summed E-state index contributed by atoms with van der Waals surface area (Å²) in [5.41, 5.74) is 2.88. The highest BCUT2D eigenvalue weighted by atomic mass is 16.6. The zero-order valence-corrected chi connectivity index (χ0v) is 17.1. The molecule has 0 saturated carbocycles. The molecular formula is C23H22N2O6. The summed E-state index contributed by atoms with van der Waals surface area (Å²) in [5.74, 6) is 1.30. The van der Waals surface area contributed by atoms with Crippen LogP contribution in [-0.2, 0) is 11.3 Å². The molecule has 0 bridgehead atoms. The number of Topliss-reactive ketones (excluding diaryl/α,β-unsaturated/α-hetero) is 1. The Morgan fingerprint density at radius 1 is 1.29 bits per heavy atom. The van der Waals surface area contributed by atoms with Crippen LogP contribution in [0.15, 0.2) is 36.1 Å². The van der Waals surface area contributed by atoms with E-state index in [1.165, 1.54) is 12.1 Å². The number of hydrogen-bond donors (Lipinski definition) is 0. The van der Waals surface area contributed by atoms with Crippen molar-refractivity contribution in [2.45, 2.75) is 32.4 Å². The highest BCUT2D eigenvalue weighted by Gasteiger charge is 2.36. The van der Waals surface area contributed by atoms with Crippen LogP contribution < -0.4 is 9.47 Å². The molecule has 0 spiro atoms. The highest BCUT2D eigenvalue weighted by molar-refractivity contribution is 6.15. The average molecular weight is 422 g/mol. The van der Waals surface area contributed by atoms with Gasteiger partial charge >= 0.3 is 0 Å². The second-order valence-electron chi connectivity index (χ2n) is 8.08. The normalized spacial score (nSPS) is 21.5. The molecule has 3 aliphatic heterocycles. The van der Waals surface area contributed by atoms with Crippen LogP contribution in [0.25, 0.3) is 6.08 Å². The lowest BCUT2D eigenvalue weighted by molar-refractivity contribution is -0.384. The third-order valence-electron chi connectivity index (χ3n) is 5.88. The van der Waals surface area contributed by atoms with Crippen LogP contribution in [0.4, 0.5) is 5.69 Å². The van der Waals surface area contributed by atoms with Crippen LogP contribution in [0.1, 0.15) is 39.9 Å². The maximum absolute atomic E-state index is 13.1. The van der Waals surface area contributed by atoms with E-state index in [9.17, 15) is 14.9 Å². The van der Waals surface area contributed by atoms with Crippen LogP contribution in [0.3, 0.4) is 0 Å². The van der Waals surface area contributed by atoms with Crippen LogP contribution >= 0.6 is 0 Å². The fourth-order valence-corrected chi connectivity index (χ4v) is 4.31. The van der Waals surface area contributed by atoms with Crippen molar-refractivity contribution in [3.05, 3.63) is 68.5 Å². The van der Waals surface area contributed by atoms with E-state index in [2.05, 4.69) is 4.90 Å². The zero-order valence-electron chi connectivity index (χ0n) is 17.1. The van der Waals surface area contributed by atoms with Gasteiger partial charge in [-0.05, 0) is 55.2 Å². The molecule has 160 valence electrons. The van der Waals surface area contributed by atoms with E-state index >= 15 is 0 Å². The standard InChI is InChI=1S/C23H22N2O6/c1-14-9-19-18(12-24(13-30-19)11-17-3-2-8-29-17)23-21(14)22(26)20(31-23)10-15-4-6-16(7-5-15)25(27)28/h4-7,9-10,17H,2-3,8,11-13H2,1H3/b20-10-. The summed E-state index contributed by atoms with van der Waals surface area (Å²) in [6.07, 6.45) is 3.96. The SMILES string of the molecule is Cc1cc2c(c3c1C(=O)/C(=C/c1ccc([N+](=O)[O-])cc1)O3)CN(CC1CCCO1)CO2. The number of benzene rings is 2. The number of ketones is 1. The van der Waals surface area contributed by atoms with Crippen molar-refractivity contribution in [2.24, 2.45) is 0 Å². The van der Waals surface area contributed by atoms with Gasteiger partial charge in [0.25, 0.3) is 5.69 Å². The highest BCUT2D eigenvalue weighted by Crippen LogP contribution is 2.44. The quantitative estimate of drug-likeness (QED) is 0.420. The summed E-state index contributed by atoms with van der Waals surface area (Å²) >= 11 is 0. The third kappa shape index (κ3) is 3.68. The Balaban J connectivity index is 1.43. The van der Waals surface area contributed by atoms with E-state index in [1.807, 2.05) is 13.0 Å². The minimum Gasteiger partial charge on any atom is -0.478 e. The molecule has 0 aliphatic carbocycles. The van der Waals surface area contributed by atoms with Crippen molar-refractivity contribution in [2.75, 3.05) is 19.9 Å². The molecule has 0 N–H and O–H groups in total. The maximum atomic E-state index is 13.1. The number of hydrogen-bond acceptors (Lipinski definition) is 7. The fourth-order valence-electron chi connectivity index (χ4n) is 4.31. The van der Waals surface area contributed by atoms with Crippen molar-refractivity contribution >= 4 is 17.5 Å². The molecule has 0 radical (unpaired) electrons. The van der Waals surface area contributed by atoms with Gasteiger partial charge in [0.05, 0.1) is 22.2 Å². The van der Waals surface area contributed by atoms with Crippen LogP contribution in [0.2, 0.25) is 0 Å². The third-order valence-corrected chi connectivity index (χ3v) is 5.88. The lowest BCUT2D eigenvalue weighted by atomic mass is 9.98. The van der Waals surface area contributed by atoms with Gasteiger partial charge in [0, 0.05) is 31.8 Å². The Morgan fingerprint density at radius 3 is 2.81 bits per heavy atom. The molecule has 3 aliphatic rings. The zero-order chi connectivity index (χ0) is 21.5. The van der Waals surface area contributed by atoms with Gasteiger partial charge in [0.2, 0.25) is 5.78 Å². The largest absolute Gasteiger partial charge is 0.478 e. The Hall–Kier alpha value is -3.23. The average Bonchev–Trinajstić information content (AvgIpc) is 3.38. The van der Waals surface area contributed by atoms with Crippen molar-refractivity contribution in [3.63, 3.8) is 0 Å². The van der Waals surface area contributed by atoms with Crippen LogP contribution in [0.5, 0.6) is 11.5 Å². The molecule has 0 aromatic heterocycles. The molecule has 0 amide bonds. The number of nitro benzene ring substituents is 1. The number of non-ortho nitro benzene ring substituents is 1. The smallest absolute Gasteiger partial charge is 0.269 e. The molecule has 8 nitrogen and oxygen atoms in total. The van der Waals surface area contributed by atoms with Gasteiger partial charge in [0.15, 0.2) is 5.76 Å². The van der Waals surface area contributed by atoms with Gasteiger partial charge in [-0.25, -0.2) is 0 Å². The molecule has 2 aromatic carbocycles. The fraction of sp³-hybridized carbons (Fsp3) is 0.348. The number of carbonyl (C=O) groups excluding carboxylic acids is 1. The number of rotatable bonds is 4. The molecule has 5 rings (SSSR count). The van der Waals surface area contributed by atoms with E-state index in [0.29, 0.717) is 30.2 Å². The lowest BCUT2D eigenvalue weighted by Crippen LogP contribution is -2.37. The van der Waals surface area contributed by atoms with Crippen molar-refractivity contribution < 1.29 is 23.9 Å². The second kappa shape index (κ2) is 7.79. The van der Waals surface area contributed by atoms with Gasteiger partial charge in [-0.15, -0.1) is 0 Å². The summed E-state index contributed by atoms with van der Waals surface area (Å²) in [7, 11) is 0. The molecule has 2 aromatic rings. The molecule has 3 heterocycles. The van der Waals surface area contributed by atoms with Crippen LogP contribution in [-0.4, -0.2) is 41.6 Å². The summed E-state index contributed by atoms with van der Waals surface area (Å²) in [6.45, 7) is 4.55. The monoisotopic (exact) mass is 422 g/mol. The first-order valence-corrected chi connectivity index (χ1v) is 10.3. The lowest BCUT2D eigenvalue weighted by Gasteiger charge is -2.31. The number of carbonyl (C=O) groups is 1. The number of nitrogens with zero attached hydrogens (tertiary/aromatic N) is 2. The first kappa shape index (κ1) is 19.7. The summed E-state index contributed by atoms with van der Waals surface area (Å²) in [4.78, 5) is 25.6. The van der Waals surface area contributed by atoms with Crippen molar-refractivity contribution in [1.29, 1.82) is 0 Å². The Bertz CT molecular complexity index is 1090.